The first-order chi connectivity index (χ1) is 15.2. The fourth-order valence-corrected chi connectivity index (χ4v) is 4.45. The highest BCUT2D eigenvalue weighted by Crippen LogP contribution is 2.29. The number of nitrogens with two attached hydrogens (primary N) is 1. The number of hydrogen-bond acceptors (Lipinski definition) is 9. The maximum Gasteiger partial charge on any atom is 0.215 e. The van der Waals surface area contributed by atoms with Gasteiger partial charge in [0.1, 0.15) is 11.5 Å². The van der Waals surface area contributed by atoms with Crippen molar-refractivity contribution in [3.8, 4) is 17.3 Å². The number of ether oxygens (including phenoxy) is 2. The minimum atomic E-state index is 0.292. The molecular weight excluding hydrogens is 414 g/mol. The van der Waals surface area contributed by atoms with E-state index in [0.717, 1.165) is 42.1 Å². The molecule has 3 N–H and O–H groups in total. The minimum absolute atomic E-state index is 0.292. The van der Waals surface area contributed by atoms with Crippen LogP contribution in [0.1, 0.15) is 19.8 Å². The number of fused-ring (bicyclic) bond motifs is 1. The normalized spacial score (nSPS) is 19.7. The molecule has 0 radical (unpaired) electrons. The summed E-state index contributed by atoms with van der Waals surface area (Å²) in [5.41, 5.74) is 1.67. The Morgan fingerprint density at radius 3 is 2.87 bits per heavy atom. The monoisotopic (exact) mass is 443 g/mol. The molecule has 5 rings (SSSR count). The predicted molar refractivity (Wildman–Crippen MR) is 124 cm³/mol. The Morgan fingerprint density at radius 1 is 1.26 bits per heavy atom. The van der Waals surface area contributed by atoms with Crippen LogP contribution in [0, 0.1) is 0 Å². The largest absolute Gasteiger partial charge is 0.481 e. The summed E-state index contributed by atoms with van der Waals surface area (Å²) in [4.78, 5) is 19.0. The van der Waals surface area contributed by atoms with Crippen LogP contribution in [0.2, 0.25) is 0 Å². The molecule has 9 nitrogen and oxygen atoms in total. The molecule has 2 aliphatic rings. The highest BCUT2D eigenvalue weighted by atomic mass is 32.2. The number of methoxy groups -OCH3 is 1. The molecule has 0 spiro atoms. The zero-order valence-corrected chi connectivity index (χ0v) is 18.8. The lowest BCUT2D eigenvalue weighted by atomic mass is 10.1. The van der Waals surface area contributed by atoms with Gasteiger partial charge in [-0.2, -0.15) is 9.40 Å². The van der Waals surface area contributed by atoms with Crippen LogP contribution in [-0.2, 0) is 4.74 Å². The molecular formula is C21H29N7O2S. The third-order valence-electron chi connectivity index (χ3n) is 5.29. The standard InChI is InChI=1S/C17H19N5O2.C4H10N2S/c1-11-10-24-8-7-22(11)14-4-6-19-17(20-14)13-9-15(23-2)21-16-12(13)3-5-18-16;5-6-3-1-2-4-7-6/h3-6,9,11H,7-8,10H2,1-2H3,(H,18,21);1-5H2. The number of aromatic nitrogens is 4. The molecule has 2 fully saturated rings. The minimum Gasteiger partial charge on any atom is -0.481 e. The summed E-state index contributed by atoms with van der Waals surface area (Å²) < 4.78 is 12.6. The fraction of sp³-hybridized carbons (Fsp3) is 0.476. The summed E-state index contributed by atoms with van der Waals surface area (Å²) >= 11 is 1.73. The number of anilines is 1. The Morgan fingerprint density at radius 2 is 2.16 bits per heavy atom. The maximum atomic E-state index is 5.51. The topological polar surface area (TPSA) is 105 Å². The summed E-state index contributed by atoms with van der Waals surface area (Å²) in [7, 11) is 1.60. The van der Waals surface area contributed by atoms with Crippen molar-refractivity contribution in [3.63, 3.8) is 0 Å². The zero-order chi connectivity index (χ0) is 21.6. The van der Waals surface area contributed by atoms with Crippen LogP contribution in [0.5, 0.6) is 5.88 Å². The third kappa shape index (κ3) is 5.27. The van der Waals surface area contributed by atoms with Crippen LogP contribution in [-0.4, -0.2) is 69.6 Å². The Bertz CT molecular complexity index is 993. The molecule has 31 heavy (non-hydrogen) atoms. The van der Waals surface area contributed by atoms with Crippen molar-refractivity contribution in [3.05, 3.63) is 30.6 Å². The number of hydrazine groups is 1. The van der Waals surface area contributed by atoms with Gasteiger partial charge >= 0.3 is 0 Å². The van der Waals surface area contributed by atoms with Crippen molar-refractivity contribution in [2.75, 3.05) is 44.1 Å². The van der Waals surface area contributed by atoms with Crippen LogP contribution >= 0.6 is 11.9 Å². The van der Waals surface area contributed by atoms with Crippen molar-refractivity contribution in [1.82, 2.24) is 24.4 Å². The molecule has 166 valence electrons. The first-order valence-corrected chi connectivity index (χ1v) is 11.4. The quantitative estimate of drug-likeness (QED) is 0.467. The van der Waals surface area contributed by atoms with Gasteiger partial charge in [0.2, 0.25) is 5.88 Å². The van der Waals surface area contributed by atoms with Gasteiger partial charge in [-0.25, -0.2) is 9.97 Å². The van der Waals surface area contributed by atoms with Crippen LogP contribution in [0.4, 0.5) is 5.82 Å². The second-order valence-corrected chi connectivity index (χ2v) is 8.62. The molecule has 2 aliphatic heterocycles. The summed E-state index contributed by atoms with van der Waals surface area (Å²) in [6, 6.07) is 6.08. The number of nitrogens with one attached hydrogen (secondary N) is 1. The van der Waals surface area contributed by atoms with Gasteiger partial charge < -0.3 is 19.4 Å². The average molecular weight is 444 g/mol. The van der Waals surface area contributed by atoms with Gasteiger partial charge in [0.05, 0.1) is 26.4 Å². The molecule has 5 heterocycles. The van der Waals surface area contributed by atoms with E-state index in [1.54, 1.807) is 25.3 Å². The van der Waals surface area contributed by atoms with E-state index in [4.69, 9.17) is 20.3 Å². The second kappa shape index (κ2) is 10.3. The number of H-pyrrole nitrogens is 1. The van der Waals surface area contributed by atoms with Gasteiger partial charge in [0.25, 0.3) is 0 Å². The molecule has 0 amide bonds. The molecule has 1 atom stereocenters. The molecule has 0 bridgehead atoms. The summed E-state index contributed by atoms with van der Waals surface area (Å²) in [6.45, 7) is 5.46. The summed E-state index contributed by atoms with van der Waals surface area (Å²) in [6.07, 6.45) is 6.25. The molecule has 1 unspecified atom stereocenters. The number of hydrogen-bond donors (Lipinski definition) is 2. The van der Waals surface area contributed by atoms with E-state index in [1.165, 1.54) is 18.6 Å². The molecule has 0 saturated carbocycles. The Hall–Kier alpha value is -2.40. The lowest BCUT2D eigenvalue weighted by Gasteiger charge is -2.34. The van der Waals surface area contributed by atoms with Crippen molar-refractivity contribution in [1.29, 1.82) is 0 Å². The molecule has 3 aromatic rings. The van der Waals surface area contributed by atoms with Crippen molar-refractivity contribution < 1.29 is 9.47 Å². The van der Waals surface area contributed by atoms with Crippen molar-refractivity contribution in [2.45, 2.75) is 25.8 Å². The SMILES string of the molecule is COc1cc(-c2nccc(N3CCOCC3C)n2)c2cc[nH]c2n1.NN1CCCCS1. The first kappa shape index (κ1) is 21.8. The van der Waals surface area contributed by atoms with Gasteiger partial charge in [-0.1, -0.05) is 11.9 Å². The zero-order valence-electron chi connectivity index (χ0n) is 18.0. The van der Waals surface area contributed by atoms with Gasteiger partial charge in [-0.3, -0.25) is 5.84 Å². The van der Waals surface area contributed by atoms with Crippen molar-refractivity contribution >= 4 is 28.8 Å². The van der Waals surface area contributed by atoms with Crippen LogP contribution in [0.25, 0.3) is 22.4 Å². The summed E-state index contributed by atoms with van der Waals surface area (Å²) in [5, 5.41) is 0.975. The Balaban J connectivity index is 0.000000282. The number of nitrogens with zero attached hydrogens (tertiary/aromatic N) is 5. The third-order valence-corrected chi connectivity index (χ3v) is 6.27. The predicted octanol–water partition coefficient (Wildman–Crippen LogP) is 2.86. The molecule has 3 aromatic heterocycles. The van der Waals surface area contributed by atoms with E-state index < -0.39 is 0 Å². The Kier molecular flexibility index (Phi) is 7.23. The van der Waals surface area contributed by atoms with Gasteiger partial charge in [-0.05, 0) is 31.9 Å². The highest BCUT2D eigenvalue weighted by molar-refractivity contribution is 7.96. The van der Waals surface area contributed by atoms with E-state index in [1.807, 2.05) is 28.8 Å². The maximum absolute atomic E-state index is 5.51. The molecule has 0 aliphatic carbocycles. The lowest BCUT2D eigenvalue weighted by Crippen LogP contribution is -2.44. The van der Waals surface area contributed by atoms with Crippen LogP contribution in [0.3, 0.4) is 0 Å². The van der Waals surface area contributed by atoms with E-state index in [9.17, 15) is 0 Å². The fourth-order valence-electron chi connectivity index (χ4n) is 3.63. The number of aromatic amines is 1. The van der Waals surface area contributed by atoms with E-state index in [-0.39, 0.29) is 0 Å². The molecule has 0 aromatic carbocycles. The highest BCUT2D eigenvalue weighted by Gasteiger charge is 2.21. The van der Waals surface area contributed by atoms with Gasteiger partial charge in [0.15, 0.2) is 5.82 Å². The average Bonchev–Trinajstić information content (AvgIpc) is 3.28. The molecule has 2 saturated heterocycles. The number of rotatable bonds is 3. The lowest BCUT2D eigenvalue weighted by molar-refractivity contribution is 0.0985. The van der Waals surface area contributed by atoms with Crippen molar-refractivity contribution in [2.24, 2.45) is 5.84 Å². The van der Waals surface area contributed by atoms with E-state index in [2.05, 4.69) is 26.8 Å². The van der Waals surface area contributed by atoms with Gasteiger partial charge in [-0.15, -0.1) is 0 Å². The summed E-state index contributed by atoms with van der Waals surface area (Å²) in [5.74, 6) is 8.75. The number of pyridine rings is 1. The van der Waals surface area contributed by atoms with E-state index >= 15 is 0 Å². The second-order valence-electron chi connectivity index (χ2n) is 7.49. The van der Waals surface area contributed by atoms with Crippen LogP contribution < -0.4 is 15.5 Å². The van der Waals surface area contributed by atoms with Gasteiger partial charge in [0, 0.05) is 48.3 Å². The first-order valence-electron chi connectivity index (χ1n) is 10.5. The van der Waals surface area contributed by atoms with Crippen LogP contribution in [0.15, 0.2) is 30.6 Å². The number of morpholine rings is 1. The Labute approximate surface area is 186 Å². The molecule has 10 heteroatoms. The van der Waals surface area contributed by atoms with E-state index in [0.29, 0.717) is 24.4 Å². The smallest absolute Gasteiger partial charge is 0.215 e.